The maximum absolute atomic E-state index is 6.84. The molecule has 13 rings (SSSR count). The van der Waals surface area contributed by atoms with Crippen LogP contribution in [0.2, 0.25) is 0 Å². The Morgan fingerprint density at radius 2 is 0.525 bits per heavy atom. The first kappa shape index (κ1) is 32.4. The molecule has 0 amide bonds. The van der Waals surface area contributed by atoms with E-state index in [1.165, 1.54) is 103 Å². The van der Waals surface area contributed by atoms with Gasteiger partial charge in [0.25, 0.3) is 0 Å². The summed E-state index contributed by atoms with van der Waals surface area (Å²) in [6.07, 6.45) is 0. The van der Waals surface area contributed by atoms with Gasteiger partial charge in [-0.1, -0.05) is 182 Å². The summed E-state index contributed by atoms with van der Waals surface area (Å²) >= 11 is 0. The van der Waals surface area contributed by atoms with Crippen molar-refractivity contribution in [3.8, 4) is 33.4 Å². The summed E-state index contributed by atoms with van der Waals surface area (Å²) in [4.78, 5) is 0. The lowest BCUT2D eigenvalue weighted by Gasteiger charge is -2.22. The molecule has 12 aromatic carbocycles. The molecule has 1 nitrogen and oxygen atoms in total. The molecule has 0 aliphatic carbocycles. The smallest absolute Gasteiger partial charge is 0.136 e. The standard InChI is InChI=1S/C58H34O/c1-2-16-35(17-3-1)55-42-22-8-12-26-46(42)57(47-27-13-9-23-43(47)55)58-48-28-14-10-24-44(48)56(45-25-11-15-29-49(45)58)36-30-31-41-52-33-50-39-20-6-4-18-37(39)38-19-5-7-21-40(38)51(50)34-54(52)59-53(41)32-36/h1-34H. The molecule has 1 heteroatoms. The number of hydrogen-bond acceptors (Lipinski definition) is 1. The van der Waals surface area contributed by atoms with E-state index in [9.17, 15) is 0 Å². The molecule has 272 valence electrons. The zero-order valence-electron chi connectivity index (χ0n) is 32.0. The molecule has 1 aromatic heterocycles. The second kappa shape index (κ2) is 12.4. The van der Waals surface area contributed by atoms with E-state index >= 15 is 0 Å². The molecular weight excluding hydrogens is 713 g/mol. The van der Waals surface area contributed by atoms with Gasteiger partial charge >= 0.3 is 0 Å². The number of benzene rings is 12. The normalized spacial score (nSPS) is 12.1. The summed E-state index contributed by atoms with van der Waals surface area (Å²) in [5, 5.41) is 19.7. The highest BCUT2D eigenvalue weighted by Crippen LogP contribution is 2.50. The van der Waals surface area contributed by atoms with Gasteiger partial charge in [0.2, 0.25) is 0 Å². The Balaban J connectivity index is 1.09. The van der Waals surface area contributed by atoms with Crippen molar-refractivity contribution in [1.29, 1.82) is 0 Å². The van der Waals surface area contributed by atoms with Crippen LogP contribution in [-0.4, -0.2) is 0 Å². The van der Waals surface area contributed by atoms with E-state index in [1.54, 1.807) is 0 Å². The molecule has 0 N–H and O–H groups in total. The lowest BCUT2D eigenvalue weighted by atomic mass is 9.81. The summed E-state index contributed by atoms with van der Waals surface area (Å²) in [5.41, 5.74) is 9.22. The quantitative estimate of drug-likeness (QED) is 0.130. The van der Waals surface area contributed by atoms with Crippen LogP contribution in [0.3, 0.4) is 0 Å². The zero-order chi connectivity index (χ0) is 38.6. The second-order valence-electron chi connectivity index (χ2n) is 15.8. The minimum absolute atomic E-state index is 0.896. The fraction of sp³-hybridized carbons (Fsp3) is 0. The Hall–Kier alpha value is -7.74. The van der Waals surface area contributed by atoms with Gasteiger partial charge in [-0.2, -0.15) is 0 Å². The molecule has 13 aromatic rings. The number of rotatable bonds is 3. The largest absolute Gasteiger partial charge is 0.456 e. The minimum Gasteiger partial charge on any atom is -0.456 e. The number of hydrogen-bond donors (Lipinski definition) is 0. The molecule has 0 bridgehead atoms. The Morgan fingerprint density at radius 1 is 0.186 bits per heavy atom. The molecule has 0 aliphatic rings. The van der Waals surface area contributed by atoms with Gasteiger partial charge in [0.05, 0.1) is 0 Å². The first-order chi connectivity index (χ1) is 29.3. The van der Waals surface area contributed by atoms with Crippen LogP contribution in [0.4, 0.5) is 0 Å². The molecule has 0 saturated heterocycles. The summed E-state index contributed by atoms with van der Waals surface area (Å²) in [6.45, 7) is 0. The van der Waals surface area contributed by atoms with Crippen molar-refractivity contribution >= 4 is 97.3 Å². The average molecular weight is 747 g/mol. The molecule has 0 saturated carbocycles. The lowest BCUT2D eigenvalue weighted by molar-refractivity contribution is 0.669. The van der Waals surface area contributed by atoms with Crippen LogP contribution in [0.5, 0.6) is 0 Å². The van der Waals surface area contributed by atoms with E-state index in [-0.39, 0.29) is 0 Å². The van der Waals surface area contributed by atoms with Crippen molar-refractivity contribution in [3.05, 3.63) is 206 Å². The topological polar surface area (TPSA) is 13.1 Å². The Morgan fingerprint density at radius 3 is 0.983 bits per heavy atom. The zero-order valence-corrected chi connectivity index (χ0v) is 32.0. The molecule has 59 heavy (non-hydrogen) atoms. The van der Waals surface area contributed by atoms with Gasteiger partial charge in [-0.25, -0.2) is 0 Å². The maximum atomic E-state index is 6.84. The fourth-order valence-corrected chi connectivity index (χ4v) is 10.4. The Kier molecular flexibility index (Phi) is 6.79. The van der Waals surface area contributed by atoms with Gasteiger partial charge in [0, 0.05) is 10.8 Å². The van der Waals surface area contributed by atoms with E-state index < -0.39 is 0 Å². The third-order valence-corrected chi connectivity index (χ3v) is 12.8. The van der Waals surface area contributed by atoms with Crippen LogP contribution < -0.4 is 0 Å². The Bertz CT molecular complexity index is 3770. The van der Waals surface area contributed by atoms with E-state index in [1.807, 2.05) is 0 Å². The SMILES string of the molecule is c1ccc(-c2c3ccccc3c(-c3c4ccccc4c(-c4ccc5c(c4)oc4cc6c7ccccc7c7ccccc7c6cc45)c4ccccc34)c3ccccc23)cc1. The maximum Gasteiger partial charge on any atom is 0.136 e. The summed E-state index contributed by atoms with van der Waals surface area (Å²) < 4.78 is 6.84. The average Bonchev–Trinajstić information content (AvgIpc) is 3.66. The first-order valence-electron chi connectivity index (χ1n) is 20.4. The van der Waals surface area contributed by atoms with Crippen molar-refractivity contribution in [2.45, 2.75) is 0 Å². The van der Waals surface area contributed by atoms with Crippen LogP contribution in [-0.2, 0) is 0 Å². The molecule has 1 heterocycles. The molecule has 0 unspecified atom stereocenters. The fourth-order valence-electron chi connectivity index (χ4n) is 10.4. The van der Waals surface area contributed by atoms with Gasteiger partial charge in [0.15, 0.2) is 0 Å². The van der Waals surface area contributed by atoms with Crippen LogP contribution in [0.25, 0.3) is 131 Å². The number of furan rings is 1. The van der Waals surface area contributed by atoms with Gasteiger partial charge in [-0.05, 0) is 133 Å². The van der Waals surface area contributed by atoms with E-state index in [4.69, 9.17) is 4.42 Å². The van der Waals surface area contributed by atoms with Crippen molar-refractivity contribution < 1.29 is 4.42 Å². The molecule has 0 fully saturated rings. The highest BCUT2D eigenvalue weighted by molar-refractivity contribution is 6.31. The van der Waals surface area contributed by atoms with E-state index in [0.717, 1.165) is 27.5 Å². The summed E-state index contributed by atoms with van der Waals surface area (Å²) in [5.74, 6) is 0. The van der Waals surface area contributed by atoms with Gasteiger partial charge < -0.3 is 4.42 Å². The highest BCUT2D eigenvalue weighted by Gasteiger charge is 2.23. The summed E-state index contributed by atoms with van der Waals surface area (Å²) in [7, 11) is 0. The van der Waals surface area contributed by atoms with Crippen LogP contribution in [0.1, 0.15) is 0 Å². The van der Waals surface area contributed by atoms with Crippen molar-refractivity contribution in [1.82, 2.24) is 0 Å². The van der Waals surface area contributed by atoms with Crippen LogP contribution >= 0.6 is 0 Å². The predicted molar refractivity (Wildman–Crippen MR) is 253 cm³/mol. The van der Waals surface area contributed by atoms with Crippen molar-refractivity contribution in [2.24, 2.45) is 0 Å². The Labute approximate surface area is 340 Å². The first-order valence-corrected chi connectivity index (χ1v) is 20.4. The van der Waals surface area contributed by atoms with E-state index in [0.29, 0.717) is 0 Å². The third kappa shape index (κ3) is 4.62. The monoisotopic (exact) mass is 746 g/mol. The minimum atomic E-state index is 0.896. The highest BCUT2D eigenvalue weighted by atomic mass is 16.3. The molecule has 0 spiro atoms. The molecule has 0 radical (unpaired) electrons. The van der Waals surface area contributed by atoms with Gasteiger partial charge in [0.1, 0.15) is 11.2 Å². The number of fused-ring (bicyclic) bond motifs is 13. The summed E-state index contributed by atoms with van der Waals surface area (Å²) in [6, 6.07) is 75.7. The van der Waals surface area contributed by atoms with Crippen molar-refractivity contribution in [2.75, 3.05) is 0 Å². The van der Waals surface area contributed by atoms with Crippen LogP contribution in [0, 0.1) is 0 Å². The van der Waals surface area contributed by atoms with Gasteiger partial charge in [-0.15, -0.1) is 0 Å². The third-order valence-electron chi connectivity index (χ3n) is 12.8. The molecular formula is C58H34O. The van der Waals surface area contributed by atoms with Crippen LogP contribution in [0.15, 0.2) is 211 Å². The second-order valence-corrected chi connectivity index (χ2v) is 15.8. The van der Waals surface area contributed by atoms with Gasteiger partial charge in [-0.3, -0.25) is 0 Å². The van der Waals surface area contributed by atoms with Crippen molar-refractivity contribution in [3.63, 3.8) is 0 Å². The van der Waals surface area contributed by atoms with E-state index in [2.05, 4.69) is 206 Å². The lowest BCUT2D eigenvalue weighted by Crippen LogP contribution is -1.94. The predicted octanol–water partition coefficient (Wildman–Crippen LogP) is 16.7. The molecule has 0 aliphatic heterocycles. The molecule has 0 atom stereocenters.